The molecule has 0 saturated carbocycles. The number of nitrogens with two attached hydrogens (primary N) is 1. The number of morpholine rings is 1. The molecule has 2 unspecified atom stereocenters. The highest BCUT2D eigenvalue weighted by molar-refractivity contribution is 6.29. The summed E-state index contributed by atoms with van der Waals surface area (Å²) in [5, 5.41) is 0.383. The predicted molar refractivity (Wildman–Crippen MR) is 89.1 cm³/mol. The highest BCUT2D eigenvalue weighted by atomic mass is 35.5. The molecular weight excluding hydrogens is 300 g/mol. The maximum atomic E-state index is 5.98. The van der Waals surface area contributed by atoms with Crippen molar-refractivity contribution in [2.24, 2.45) is 0 Å². The summed E-state index contributed by atoms with van der Waals surface area (Å²) in [5.41, 5.74) is 9.23. The Morgan fingerprint density at radius 3 is 2.50 bits per heavy atom. The largest absolute Gasteiger partial charge is 0.398 e. The first-order chi connectivity index (χ1) is 10.5. The van der Waals surface area contributed by atoms with Gasteiger partial charge in [-0.15, -0.1) is 0 Å². The molecule has 6 heteroatoms. The van der Waals surface area contributed by atoms with Crippen molar-refractivity contribution in [3.05, 3.63) is 35.7 Å². The van der Waals surface area contributed by atoms with Crippen LogP contribution in [0.15, 0.2) is 30.6 Å². The SMILES string of the molecule is CC1CN(c2ccc(-c3cnc(Cl)cc3N)nc2)CC(C)O1. The molecule has 1 aliphatic heterocycles. The normalized spacial score (nSPS) is 21.9. The summed E-state index contributed by atoms with van der Waals surface area (Å²) >= 11 is 5.83. The Bertz CT molecular complexity index is 652. The quantitative estimate of drug-likeness (QED) is 0.862. The molecule has 2 aromatic heterocycles. The van der Waals surface area contributed by atoms with Crippen LogP contribution in [0.4, 0.5) is 11.4 Å². The van der Waals surface area contributed by atoms with E-state index in [1.807, 2.05) is 12.3 Å². The van der Waals surface area contributed by atoms with E-state index in [2.05, 4.69) is 34.8 Å². The number of aromatic nitrogens is 2. The van der Waals surface area contributed by atoms with Crippen molar-refractivity contribution in [3.63, 3.8) is 0 Å². The van der Waals surface area contributed by atoms with E-state index in [1.165, 1.54) is 0 Å². The molecule has 0 aromatic carbocycles. The lowest BCUT2D eigenvalue weighted by molar-refractivity contribution is -0.00523. The molecule has 0 amide bonds. The van der Waals surface area contributed by atoms with E-state index in [9.17, 15) is 0 Å². The van der Waals surface area contributed by atoms with Crippen LogP contribution in [-0.4, -0.2) is 35.3 Å². The smallest absolute Gasteiger partial charge is 0.131 e. The van der Waals surface area contributed by atoms with Gasteiger partial charge in [0.1, 0.15) is 5.15 Å². The van der Waals surface area contributed by atoms with Crippen LogP contribution in [-0.2, 0) is 4.74 Å². The van der Waals surface area contributed by atoms with Gasteiger partial charge in [-0.1, -0.05) is 11.6 Å². The summed E-state index contributed by atoms with van der Waals surface area (Å²) in [5.74, 6) is 0. The van der Waals surface area contributed by atoms with E-state index >= 15 is 0 Å². The highest BCUT2D eigenvalue weighted by Gasteiger charge is 2.22. The van der Waals surface area contributed by atoms with Gasteiger partial charge in [0.2, 0.25) is 0 Å². The number of hydrogen-bond donors (Lipinski definition) is 1. The third-order valence-electron chi connectivity index (χ3n) is 3.71. The second-order valence-electron chi connectivity index (χ2n) is 5.66. The summed E-state index contributed by atoms with van der Waals surface area (Å²) in [4.78, 5) is 10.9. The fourth-order valence-electron chi connectivity index (χ4n) is 2.78. The molecule has 2 N–H and O–H groups in total. The lowest BCUT2D eigenvalue weighted by atomic mass is 10.1. The molecule has 0 aliphatic carbocycles. The van der Waals surface area contributed by atoms with Crippen molar-refractivity contribution in [3.8, 4) is 11.3 Å². The van der Waals surface area contributed by atoms with Gasteiger partial charge in [-0.2, -0.15) is 0 Å². The number of nitrogen functional groups attached to an aromatic ring is 1. The first-order valence-electron chi connectivity index (χ1n) is 7.31. The standard InChI is InChI=1S/C16H19ClN4O/c1-10-8-21(9-11(2)22-10)12-3-4-15(19-6-12)13-7-20-16(17)5-14(13)18/h3-7,10-11H,8-9H2,1-2H3,(H2,18,20). The number of nitrogens with zero attached hydrogens (tertiary/aromatic N) is 3. The predicted octanol–water partition coefficient (Wildman–Crippen LogP) is 2.99. The van der Waals surface area contributed by atoms with E-state index in [0.29, 0.717) is 10.8 Å². The summed E-state index contributed by atoms with van der Waals surface area (Å²) < 4.78 is 5.76. The van der Waals surface area contributed by atoms with E-state index in [1.54, 1.807) is 12.3 Å². The highest BCUT2D eigenvalue weighted by Crippen LogP contribution is 2.27. The van der Waals surface area contributed by atoms with Gasteiger partial charge in [0.15, 0.2) is 0 Å². The minimum atomic E-state index is 0.222. The van der Waals surface area contributed by atoms with Gasteiger partial charge < -0.3 is 15.4 Å². The average molecular weight is 319 g/mol. The Labute approximate surface area is 135 Å². The van der Waals surface area contributed by atoms with Crippen LogP contribution < -0.4 is 10.6 Å². The molecule has 0 bridgehead atoms. The average Bonchev–Trinajstić information content (AvgIpc) is 2.46. The molecule has 3 rings (SSSR count). The van der Waals surface area contributed by atoms with Crippen LogP contribution in [0.1, 0.15) is 13.8 Å². The van der Waals surface area contributed by atoms with Gasteiger partial charge in [0, 0.05) is 30.5 Å². The molecular formula is C16H19ClN4O. The molecule has 1 fully saturated rings. The Balaban J connectivity index is 1.83. The Kier molecular flexibility index (Phi) is 4.18. The van der Waals surface area contributed by atoms with E-state index in [-0.39, 0.29) is 12.2 Å². The zero-order chi connectivity index (χ0) is 15.7. The molecule has 1 aliphatic rings. The van der Waals surface area contributed by atoms with Crippen LogP contribution in [0.2, 0.25) is 5.15 Å². The number of anilines is 2. The molecule has 116 valence electrons. The maximum absolute atomic E-state index is 5.98. The van der Waals surface area contributed by atoms with Crippen molar-refractivity contribution < 1.29 is 4.74 Å². The fourth-order valence-corrected chi connectivity index (χ4v) is 2.95. The van der Waals surface area contributed by atoms with E-state index < -0.39 is 0 Å². The monoisotopic (exact) mass is 318 g/mol. The minimum Gasteiger partial charge on any atom is -0.398 e. The van der Waals surface area contributed by atoms with Crippen molar-refractivity contribution in [2.45, 2.75) is 26.1 Å². The second-order valence-corrected chi connectivity index (χ2v) is 6.05. The van der Waals surface area contributed by atoms with Crippen LogP contribution in [0.5, 0.6) is 0 Å². The first-order valence-corrected chi connectivity index (χ1v) is 7.68. The topological polar surface area (TPSA) is 64.3 Å². The molecule has 3 heterocycles. The number of rotatable bonds is 2. The van der Waals surface area contributed by atoms with E-state index in [4.69, 9.17) is 22.1 Å². The third-order valence-corrected chi connectivity index (χ3v) is 3.92. The molecule has 2 atom stereocenters. The van der Waals surface area contributed by atoms with Crippen LogP contribution in [0.25, 0.3) is 11.3 Å². The molecule has 0 radical (unpaired) electrons. The Morgan fingerprint density at radius 1 is 1.18 bits per heavy atom. The summed E-state index contributed by atoms with van der Waals surface area (Å²) in [6.45, 7) is 5.92. The lowest BCUT2D eigenvalue weighted by Crippen LogP contribution is -2.45. The zero-order valence-corrected chi connectivity index (χ0v) is 13.4. The van der Waals surface area contributed by atoms with Crippen LogP contribution in [0.3, 0.4) is 0 Å². The summed E-state index contributed by atoms with van der Waals surface area (Å²) in [7, 11) is 0. The number of hydrogen-bond acceptors (Lipinski definition) is 5. The Morgan fingerprint density at radius 2 is 1.91 bits per heavy atom. The second kappa shape index (κ2) is 6.10. The van der Waals surface area contributed by atoms with Gasteiger partial charge in [-0.05, 0) is 32.0 Å². The molecule has 22 heavy (non-hydrogen) atoms. The number of halogens is 1. The van der Waals surface area contributed by atoms with Crippen molar-refractivity contribution in [1.82, 2.24) is 9.97 Å². The third kappa shape index (κ3) is 3.15. The molecule has 1 saturated heterocycles. The Hall–Kier alpha value is -1.85. The molecule has 0 spiro atoms. The number of pyridine rings is 2. The van der Waals surface area contributed by atoms with Gasteiger partial charge in [0.25, 0.3) is 0 Å². The first kappa shape index (κ1) is 15.1. The van der Waals surface area contributed by atoms with Crippen molar-refractivity contribution in [2.75, 3.05) is 23.7 Å². The van der Waals surface area contributed by atoms with Gasteiger partial charge in [-0.3, -0.25) is 4.98 Å². The van der Waals surface area contributed by atoms with Gasteiger partial charge in [-0.25, -0.2) is 4.98 Å². The van der Waals surface area contributed by atoms with Crippen molar-refractivity contribution in [1.29, 1.82) is 0 Å². The zero-order valence-electron chi connectivity index (χ0n) is 12.7. The van der Waals surface area contributed by atoms with Crippen molar-refractivity contribution >= 4 is 23.0 Å². The van der Waals surface area contributed by atoms with Gasteiger partial charge >= 0.3 is 0 Å². The maximum Gasteiger partial charge on any atom is 0.131 e. The fraction of sp³-hybridized carbons (Fsp3) is 0.375. The minimum absolute atomic E-state index is 0.222. The molecule has 2 aromatic rings. The summed E-state index contributed by atoms with van der Waals surface area (Å²) in [6.07, 6.45) is 3.96. The summed E-state index contributed by atoms with van der Waals surface area (Å²) in [6, 6.07) is 5.65. The van der Waals surface area contributed by atoms with Crippen LogP contribution >= 0.6 is 11.6 Å². The van der Waals surface area contributed by atoms with E-state index in [0.717, 1.165) is 30.0 Å². The van der Waals surface area contributed by atoms with Gasteiger partial charge in [0.05, 0.1) is 29.8 Å². The molecule has 5 nitrogen and oxygen atoms in total. The lowest BCUT2D eigenvalue weighted by Gasteiger charge is -2.36. The number of ether oxygens (including phenoxy) is 1. The van der Waals surface area contributed by atoms with Crippen LogP contribution in [0, 0.1) is 0 Å².